The van der Waals surface area contributed by atoms with Crippen molar-refractivity contribution in [3.8, 4) is 0 Å². The van der Waals surface area contributed by atoms with E-state index in [9.17, 15) is 9.18 Å². The van der Waals surface area contributed by atoms with Crippen LogP contribution in [0.25, 0.3) is 0 Å². The van der Waals surface area contributed by atoms with Crippen LogP contribution in [0, 0.1) is 11.7 Å². The number of likely N-dealkylation sites (tertiary alicyclic amines) is 1. The number of nitrogens with one attached hydrogen (secondary N) is 1. The molecule has 1 heterocycles. The van der Waals surface area contributed by atoms with Crippen LogP contribution in [0.3, 0.4) is 0 Å². The topological polar surface area (TPSA) is 32.3 Å². The van der Waals surface area contributed by atoms with Crippen molar-refractivity contribution in [3.05, 3.63) is 35.6 Å². The third-order valence-electron chi connectivity index (χ3n) is 2.83. The van der Waals surface area contributed by atoms with Crippen molar-refractivity contribution >= 4 is 5.91 Å². The van der Waals surface area contributed by atoms with E-state index in [0.717, 1.165) is 19.6 Å². The van der Waals surface area contributed by atoms with Gasteiger partial charge in [0.2, 0.25) is 0 Å². The lowest BCUT2D eigenvalue weighted by molar-refractivity contribution is 0.0504. The van der Waals surface area contributed by atoms with Gasteiger partial charge in [-0.1, -0.05) is 0 Å². The molecule has 1 amide bonds. The number of carbonyl (C=O) groups excluding carboxylic acids is 1. The number of rotatable bonds is 3. The molecule has 4 heteroatoms. The number of carbonyl (C=O) groups is 1. The molecular formula is C12H15FN2O. The Balaban J connectivity index is 1.92. The molecule has 2 rings (SSSR count). The van der Waals surface area contributed by atoms with Crippen LogP contribution in [-0.2, 0) is 0 Å². The minimum Gasteiger partial charge on any atom is -0.338 e. The fourth-order valence-electron chi connectivity index (χ4n) is 1.93. The molecule has 0 aromatic heterocycles. The molecule has 1 aliphatic heterocycles. The highest BCUT2D eigenvalue weighted by Crippen LogP contribution is 2.18. The van der Waals surface area contributed by atoms with Gasteiger partial charge in [0.15, 0.2) is 0 Å². The zero-order valence-electron chi connectivity index (χ0n) is 9.24. The first-order valence-electron chi connectivity index (χ1n) is 5.40. The van der Waals surface area contributed by atoms with Gasteiger partial charge in [-0.25, -0.2) is 4.39 Å². The second kappa shape index (κ2) is 4.61. The Bertz CT molecular complexity index is 371. The summed E-state index contributed by atoms with van der Waals surface area (Å²) < 4.78 is 12.7. The lowest BCUT2D eigenvalue weighted by Gasteiger charge is -2.39. The first-order valence-corrected chi connectivity index (χ1v) is 5.40. The van der Waals surface area contributed by atoms with Crippen LogP contribution >= 0.6 is 0 Å². The second-order valence-electron chi connectivity index (χ2n) is 4.14. The van der Waals surface area contributed by atoms with Gasteiger partial charge in [0.1, 0.15) is 5.82 Å². The van der Waals surface area contributed by atoms with Crippen molar-refractivity contribution in [2.24, 2.45) is 5.92 Å². The standard InChI is InChI=1S/C12H15FN2O/c1-14-6-9-7-15(8-9)12(16)10-2-4-11(13)5-3-10/h2-5,9,14H,6-8H2,1H3. The van der Waals surface area contributed by atoms with Gasteiger partial charge < -0.3 is 10.2 Å². The highest BCUT2D eigenvalue weighted by atomic mass is 19.1. The van der Waals surface area contributed by atoms with Crippen LogP contribution in [0.5, 0.6) is 0 Å². The van der Waals surface area contributed by atoms with Gasteiger partial charge in [0.25, 0.3) is 5.91 Å². The monoisotopic (exact) mass is 222 g/mol. The number of benzene rings is 1. The van der Waals surface area contributed by atoms with Gasteiger partial charge in [-0.15, -0.1) is 0 Å². The van der Waals surface area contributed by atoms with E-state index in [1.165, 1.54) is 24.3 Å². The summed E-state index contributed by atoms with van der Waals surface area (Å²) in [6, 6.07) is 5.70. The van der Waals surface area contributed by atoms with E-state index in [0.29, 0.717) is 11.5 Å². The Morgan fingerprint density at radius 1 is 1.44 bits per heavy atom. The van der Waals surface area contributed by atoms with Crippen molar-refractivity contribution in [1.82, 2.24) is 10.2 Å². The number of hydrogen-bond donors (Lipinski definition) is 1. The van der Waals surface area contributed by atoms with Crippen LogP contribution in [0.4, 0.5) is 4.39 Å². The van der Waals surface area contributed by atoms with Crippen molar-refractivity contribution < 1.29 is 9.18 Å². The maximum atomic E-state index is 12.7. The maximum absolute atomic E-state index is 12.7. The van der Waals surface area contributed by atoms with Crippen molar-refractivity contribution in [1.29, 1.82) is 0 Å². The Kier molecular flexibility index (Phi) is 3.19. The smallest absolute Gasteiger partial charge is 0.253 e. The third kappa shape index (κ3) is 2.22. The molecule has 0 spiro atoms. The molecular weight excluding hydrogens is 207 g/mol. The van der Waals surface area contributed by atoms with Gasteiger partial charge in [-0.3, -0.25) is 4.79 Å². The zero-order valence-corrected chi connectivity index (χ0v) is 9.24. The Morgan fingerprint density at radius 2 is 2.06 bits per heavy atom. The van der Waals surface area contributed by atoms with Gasteiger partial charge in [0.05, 0.1) is 0 Å². The molecule has 1 N–H and O–H groups in total. The van der Waals surface area contributed by atoms with Crippen LogP contribution in [0.1, 0.15) is 10.4 Å². The van der Waals surface area contributed by atoms with Crippen molar-refractivity contribution in [2.75, 3.05) is 26.7 Å². The third-order valence-corrected chi connectivity index (χ3v) is 2.83. The van der Waals surface area contributed by atoms with E-state index in [1.54, 1.807) is 4.90 Å². The van der Waals surface area contributed by atoms with Crippen LogP contribution in [0.15, 0.2) is 24.3 Å². The Hall–Kier alpha value is -1.42. The van der Waals surface area contributed by atoms with E-state index < -0.39 is 0 Å². The predicted octanol–water partition coefficient (Wildman–Crippen LogP) is 1.12. The van der Waals surface area contributed by atoms with E-state index in [4.69, 9.17) is 0 Å². The number of halogens is 1. The second-order valence-corrected chi connectivity index (χ2v) is 4.14. The van der Waals surface area contributed by atoms with Crippen molar-refractivity contribution in [2.45, 2.75) is 0 Å². The summed E-state index contributed by atoms with van der Waals surface area (Å²) in [5.41, 5.74) is 0.560. The molecule has 3 nitrogen and oxygen atoms in total. The average molecular weight is 222 g/mol. The van der Waals surface area contributed by atoms with Crippen LogP contribution < -0.4 is 5.32 Å². The largest absolute Gasteiger partial charge is 0.338 e. The summed E-state index contributed by atoms with van der Waals surface area (Å²) in [5.74, 6) is 0.231. The van der Waals surface area contributed by atoms with E-state index >= 15 is 0 Å². The van der Waals surface area contributed by atoms with Crippen molar-refractivity contribution in [3.63, 3.8) is 0 Å². The first-order chi connectivity index (χ1) is 7.70. The van der Waals surface area contributed by atoms with Gasteiger partial charge in [-0.05, 0) is 31.3 Å². The number of hydrogen-bond acceptors (Lipinski definition) is 2. The van der Waals surface area contributed by atoms with Gasteiger partial charge >= 0.3 is 0 Å². The summed E-state index contributed by atoms with van der Waals surface area (Å²) in [6.07, 6.45) is 0. The molecule has 0 atom stereocenters. The minimum absolute atomic E-state index is 0.00708. The summed E-state index contributed by atoms with van der Waals surface area (Å²) in [5, 5.41) is 3.09. The summed E-state index contributed by atoms with van der Waals surface area (Å²) in [7, 11) is 1.91. The zero-order chi connectivity index (χ0) is 11.5. The molecule has 1 aliphatic rings. The van der Waals surface area contributed by atoms with Gasteiger partial charge in [-0.2, -0.15) is 0 Å². The quantitative estimate of drug-likeness (QED) is 0.831. The number of nitrogens with zero attached hydrogens (tertiary/aromatic N) is 1. The molecule has 1 aromatic carbocycles. The summed E-state index contributed by atoms with van der Waals surface area (Å²) in [4.78, 5) is 13.7. The minimum atomic E-state index is -0.312. The van der Waals surface area contributed by atoms with Crippen LogP contribution in [-0.4, -0.2) is 37.5 Å². The lowest BCUT2D eigenvalue weighted by atomic mass is 9.99. The molecule has 0 bridgehead atoms. The highest BCUT2D eigenvalue weighted by Gasteiger charge is 2.30. The van der Waals surface area contributed by atoms with E-state index in [1.807, 2.05) is 7.05 Å². The van der Waals surface area contributed by atoms with Crippen LogP contribution in [0.2, 0.25) is 0 Å². The first kappa shape index (κ1) is 11.1. The molecule has 0 unspecified atom stereocenters. The Labute approximate surface area is 94.3 Å². The average Bonchev–Trinajstić information content (AvgIpc) is 2.23. The Morgan fingerprint density at radius 3 is 2.62 bits per heavy atom. The predicted molar refractivity (Wildman–Crippen MR) is 59.7 cm³/mol. The fraction of sp³-hybridized carbons (Fsp3) is 0.417. The summed E-state index contributed by atoms with van der Waals surface area (Å²) >= 11 is 0. The molecule has 0 saturated carbocycles. The fourth-order valence-corrected chi connectivity index (χ4v) is 1.93. The van der Waals surface area contributed by atoms with E-state index in [2.05, 4.69) is 5.32 Å². The molecule has 1 aromatic rings. The highest BCUT2D eigenvalue weighted by molar-refractivity contribution is 5.94. The molecule has 1 fully saturated rings. The molecule has 16 heavy (non-hydrogen) atoms. The SMILES string of the molecule is CNCC1CN(C(=O)c2ccc(F)cc2)C1. The molecule has 1 saturated heterocycles. The molecule has 0 aliphatic carbocycles. The molecule has 0 radical (unpaired) electrons. The summed E-state index contributed by atoms with van der Waals surface area (Å²) in [6.45, 7) is 2.52. The maximum Gasteiger partial charge on any atom is 0.253 e. The lowest BCUT2D eigenvalue weighted by Crippen LogP contribution is -2.52. The normalized spacial score (nSPS) is 16.0. The number of amides is 1. The van der Waals surface area contributed by atoms with Gasteiger partial charge in [0, 0.05) is 31.1 Å². The van der Waals surface area contributed by atoms with E-state index in [-0.39, 0.29) is 11.7 Å². The molecule has 86 valence electrons.